The van der Waals surface area contributed by atoms with Crippen LogP contribution in [0.15, 0.2) is 29.2 Å². The molecule has 6 nitrogen and oxygen atoms in total. The van der Waals surface area contributed by atoms with Gasteiger partial charge in [0.1, 0.15) is 0 Å². The minimum absolute atomic E-state index is 0. The summed E-state index contributed by atoms with van der Waals surface area (Å²) in [5.41, 5.74) is 0. The van der Waals surface area contributed by atoms with E-state index in [1.54, 1.807) is 0 Å². The highest BCUT2D eigenvalue weighted by atomic mass is 35.5. The van der Waals surface area contributed by atoms with E-state index in [1.165, 1.54) is 31.3 Å². The smallest absolute Gasteiger partial charge is 0.243 e. The van der Waals surface area contributed by atoms with Gasteiger partial charge in [0.25, 0.3) is 0 Å². The molecule has 0 bridgehead atoms. The summed E-state index contributed by atoms with van der Waals surface area (Å²) >= 11 is 5.74. The minimum Gasteiger partial charge on any atom is -0.354 e. The Hall–Kier alpha value is -0.860. The van der Waals surface area contributed by atoms with Gasteiger partial charge in [0.15, 0.2) is 0 Å². The topological polar surface area (TPSA) is 78.5 Å². The van der Waals surface area contributed by atoms with Crippen molar-refractivity contribution in [2.75, 3.05) is 33.2 Å². The third-order valence-electron chi connectivity index (χ3n) is 2.94. The predicted octanol–water partition coefficient (Wildman–Crippen LogP) is 1.50. The molecule has 1 rings (SSSR count). The Morgan fingerprint density at radius 1 is 1.17 bits per heavy atom. The van der Waals surface area contributed by atoms with Crippen molar-refractivity contribution in [2.24, 2.45) is 0 Å². The number of amides is 1. The van der Waals surface area contributed by atoms with E-state index in [9.17, 15) is 13.2 Å². The van der Waals surface area contributed by atoms with Gasteiger partial charge in [0.2, 0.25) is 15.9 Å². The highest BCUT2D eigenvalue weighted by Gasteiger charge is 2.22. The summed E-state index contributed by atoms with van der Waals surface area (Å²) in [6.07, 6.45) is 1.02. The molecule has 1 amide bonds. The fraction of sp³-hybridized carbons (Fsp3) is 0.500. The molecule has 0 aliphatic carbocycles. The van der Waals surface area contributed by atoms with Crippen LogP contribution in [0.4, 0.5) is 0 Å². The third kappa shape index (κ3) is 7.50. The maximum atomic E-state index is 12.3. The molecule has 0 heterocycles. The van der Waals surface area contributed by atoms with Crippen molar-refractivity contribution in [3.63, 3.8) is 0 Å². The van der Waals surface area contributed by atoms with E-state index in [0.717, 1.165) is 17.3 Å². The lowest BCUT2D eigenvalue weighted by Gasteiger charge is -2.17. The Morgan fingerprint density at radius 2 is 1.78 bits per heavy atom. The first-order valence-corrected chi connectivity index (χ1v) is 8.89. The summed E-state index contributed by atoms with van der Waals surface area (Å²) in [6.45, 7) is 3.85. The van der Waals surface area contributed by atoms with Crippen LogP contribution in [0.3, 0.4) is 0 Å². The zero-order valence-corrected chi connectivity index (χ0v) is 15.6. The molecule has 0 aliphatic heterocycles. The van der Waals surface area contributed by atoms with Crippen LogP contribution in [0.25, 0.3) is 0 Å². The number of carbonyl (C=O) groups is 1. The van der Waals surface area contributed by atoms with Crippen LogP contribution >= 0.6 is 24.0 Å². The second-order valence-corrected chi connectivity index (χ2v) is 7.30. The van der Waals surface area contributed by atoms with Gasteiger partial charge in [-0.3, -0.25) is 4.79 Å². The van der Waals surface area contributed by atoms with Gasteiger partial charge < -0.3 is 10.6 Å². The van der Waals surface area contributed by atoms with E-state index < -0.39 is 10.0 Å². The Morgan fingerprint density at radius 3 is 2.35 bits per heavy atom. The predicted molar refractivity (Wildman–Crippen MR) is 94.7 cm³/mol. The molecule has 0 atom stereocenters. The number of hydrogen-bond donors (Lipinski definition) is 2. The number of sulfonamides is 1. The van der Waals surface area contributed by atoms with Gasteiger partial charge in [0, 0.05) is 25.2 Å². The van der Waals surface area contributed by atoms with Crippen LogP contribution in [0, 0.1) is 0 Å². The number of likely N-dealkylation sites (N-methyl/N-ethyl adjacent to an activating group) is 1. The second kappa shape index (κ2) is 10.8. The third-order valence-corrected chi connectivity index (χ3v) is 5.01. The summed E-state index contributed by atoms with van der Waals surface area (Å²) in [6, 6.07) is 5.84. The van der Waals surface area contributed by atoms with Gasteiger partial charge in [0.05, 0.1) is 11.4 Å². The highest BCUT2D eigenvalue weighted by molar-refractivity contribution is 7.89. The lowest BCUT2D eigenvalue weighted by molar-refractivity contribution is -0.121. The molecule has 1 aromatic rings. The van der Waals surface area contributed by atoms with Crippen molar-refractivity contribution in [1.29, 1.82) is 0 Å². The molecule has 1 aromatic carbocycles. The molecule has 0 saturated heterocycles. The van der Waals surface area contributed by atoms with Crippen molar-refractivity contribution in [2.45, 2.75) is 18.2 Å². The molecule has 0 aromatic heterocycles. The number of benzene rings is 1. The van der Waals surface area contributed by atoms with Crippen LogP contribution in [-0.2, 0) is 14.8 Å². The fourth-order valence-corrected chi connectivity index (χ4v) is 2.97. The summed E-state index contributed by atoms with van der Waals surface area (Å²) < 4.78 is 25.6. The van der Waals surface area contributed by atoms with E-state index in [4.69, 9.17) is 11.6 Å². The van der Waals surface area contributed by atoms with Crippen LogP contribution in [-0.4, -0.2) is 51.9 Å². The second-order valence-electron chi connectivity index (χ2n) is 4.81. The van der Waals surface area contributed by atoms with Gasteiger partial charge >= 0.3 is 0 Å². The standard InChI is InChI=1S/C14H22ClN3O3S.ClH/c1-3-8-16-9-10-17-14(19)11-18(2)22(20,21)13-6-4-12(15)5-7-13;/h4-7,16H,3,8-11H2,1-2H3,(H,17,19);1H. The Labute approximate surface area is 149 Å². The number of halogens is 2. The number of rotatable bonds is 9. The van der Waals surface area contributed by atoms with Gasteiger partial charge in [-0.25, -0.2) is 8.42 Å². The molecule has 0 aliphatic rings. The molecule has 0 radical (unpaired) electrons. The first-order chi connectivity index (χ1) is 10.4. The Balaban J connectivity index is 0.00000484. The maximum absolute atomic E-state index is 12.3. The number of hydrogen-bond acceptors (Lipinski definition) is 4. The molecule has 0 saturated carbocycles. The van der Waals surface area contributed by atoms with Crippen LogP contribution in [0.2, 0.25) is 5.02 Å². The molecule has 0 unspecified atom stereocenters. The van der Waals surface area contributed by atoms with E-state index in [2.05, 4.69) is 17.6 Å². The lowest BCUT2D eigenvalue weighted by atomic mass is 10.4. The SMILES string of the molecule is CCCNCCNC(=O)CN(C)S(=O)(=O)c1ccc(Cl)cc1.Cl. The number of nitrogens with one attached hydrogen (secondary N) is 2. The molecular weight excluding hydrogens is 361 g/mol. The normalized spacial score (nSPS) is 11.1. The maximum Gasteiger partial charge on any atom is 0.243 e. The van der Waals surface area contributed by atoms with E-state index in [1.807, 2.05) is 0 Å². The van der Waals surface area contributed by atoms with Crippen molar-refractivity contribution >= 4 is 39.9 Å². The van der Waals surface area contributed by atoms with Gasteiger partial charge in [-0.05, 0) is 37.2 Å². The Kier molecular flexibility index (Phi) is 10.4. The fourth-order valence-electron chi connectivity index (χ4n) is 1.72. The molecule has 0 fully saturated rings. The lowest BCUT2D eigenvalue weighted by Crippen LogP contribution is -2.40. The molecule has 9 heteroatoms. The van der Waals surface area contributed by atoms with E-state index in [-0.39, 0.29) is 29.8 Å². The zero-order valence-electron chi connectivity index (χ0n) is 13.2. The average Bonchev–Trinajstić information content (AvgIpc) is 2.47. The number of carbonyl (C=O) groups excluding carboxylic acids is 1. The molecule has 23 heavy (non-hydrogen) atoms. The minimum atomic E-state index is -3.69. The zero-order chi connectivity index (χ0) is 16.6. The molecule has 132 valence electrons. The summed E-state index contributed by atoms with van der Waals surface area (Å²) in [5, 5.41) is 6.28. The highest BCUT2D eigenvalue weighted by Crippen LogP contribution is 2.17. The average molecular weight is 384 g/mol. The summed E-state index contributed by atoms with van der Waals surface area (Å²) in [5.74, 6) is -0.335. The van der Waals surface area contributed by atoms with E-state index in [0.29, 0.717) is 18.1 Å². The Bertz CT molecular complexity index is 579. The van der Waals surface area contributed by atoms with Gasteiger partial charge in [-0.15, -0.1) is 12.4 Å². The quantitative estimate of drug-likeness (QED) is 0.633. The summed E-state index contributed by atoms with van der Waals surface area (Å²) in [7, 11) is -2.32. The molecular formula is C14H23Cl2N3O3S. The monoisotopic (exact) mass is 383 g/mol. The first-order valence-electron chi connectivity index (χ1n) is 7.07. The molecule has 0 spiro atoms. The van der Waals surface area contributed by atoms with Crippen LogP contribution < -0.4 is 10.6 Å². The van der Waals surface area contributed by atoms with E-state index >= 15 is 0 Å². The van der Waals surface area contributed by atoms with Gasteiger partial charge in [-0.2, -0.15) is 4.31 Å². The van der Waals surface area contributed by atoms with Crippen molar-refractivity contribution < 1.29 is 13.2 Å². The largest absolute Gasteiger partial charge is 0.354 e. The van der Waals surface area contributed by atoms with Crippen LogP contribution in [0.1, 0.15) is 13.3 Å². The van der Waals surface area contributed by atoms with Crippen molar-refractivity contribution in [3.8, 4) is 0 Å². The van der Waals surface area contributed by atoms with Crippen molar-refractivity contribution in [1.82, 2.24) is 14.9 Å². The first kappa shape index (κ1) is 22.1. The number of nitrogens with zero attached hydrogens (tertiary/aromatic N) is 1. The van der Waals surface area contributed by atoms with Gasteiger partial charge in [-0.1, -0.05) is 18.5 Å². The van der Waals surface area contributed by atoms with Crippen LogP contribution in [0.5, 0.6) is 0 Å². The van der Waals surface area contributed by atoms with Crippen molar-refractivity contribution in [3.05, 3.63) is 29.3 Å². The summed E-state index contributed by atoms with van der Waals surface area (Å²) in [4.78, 5) is 11.9. The molecule has 2 N–H and O–H groups in total.